The number of hydrogen-bond acceptors (Lipinski definition) is 3. The van der Waals surface area contributed by atoms with Crippen LogP contribution in [0.15, 0.2) is 24.3 Å². The van der Waals surface area contributed by atoms with Gasteiger partial charge < -0.3 is 9.84 Å². The van der Waals surface area contributed by atoms with Crippen molar-refractivity contribution in [3.63, 3.8) is 0 Å². The zero-order valence-corrected chi connectivity index (χ0v) is 12.8. The number of carboxylic acid groups (broad SMARTS) is 1. The van der Waals surface area contributed by atoms with E-state index in [1.807, 2.05) is 6.92 Å². The molecule has 0 saturated carbocycles. The normalized spacial score (nSPS) is 11.9. The summed E-state index contributed by atoms with van der Waals surface area (Å²) in [5.74, 6) is -1.38. The van der Waals surface area contributed by atoms with Crippen LogP contribution in [0.3, 0.4) is 0 Å². The second kappa shape index (κ2) is 9.16. The summed E-state index contributed by atoms with van der Waals surface area (Å²) in [6.07, 6.45) is 5.80. The topological polar surface area (TPSA) is 63.6 Å². The maximum absolute atomic E-state index is 12.0. The Morgan fingerprint density at radius 1 is 1.14 bits per heavy atom. The number of ether oxygens (including phenoxy) is 1. The first-order chi connectivity index (χ1) is 10.1. The Bertz CT molecular complexity index is 468. The van der Waals surface area contributed by atoms with Crippen molar-refractivity contribution >= 4 is 11.9 Å². The van der Waals surface area contributed by atoms with Gasteiger partial charge in [0.2, 0.25) is 0 Å². The molecule has 4 heteroatoms. The molecule has 1 unspecified atom stereocenters. The summed E-state index contributed by atoms with van der Waals surface area (Å²) in [5, 5.41) is 9.05. The number of aromatic carboxylic acids is 1. The van der Waals surface area contributed by atoms with Gasteiger partial charge in [0.15, 0.2) is 0 Å². The fraction of sp³-hybridized carbons (Fsp3) is 0.529. The van der Waals surface area contributed by atoms with Crippen LogP contribution in [0.5, 0.6) is 0 Å². The van der Waals surface area contributed by atoms with Crippen molar-refractivity contribution in [1.29, 1.82) is 0 Å². The van der Waals surface area contributed by atoms with Gasteiger partial charge >= 0.3 is 11.9 Å². The van der Waals surface area contributed by atoms with Crippen LogP contribution in [-0.2, 0) is 4.74 Å². The maximum atomic E-state index is 12.0. The predicted molar refractivity (Wildman–Crippen MR) is 81.6 cm³/mol. The summed E-state index contributed by atoms with van der Waals surface area (Å²) in [6, 6.07) is 6.12. The lowest BCUT2D eigenvalue weighted by atomic mass is 10.0. The minimum atomic E-state index is -1.12. The third kappa shape index (κ3) is 5.98. The van der Waals surface area contributed by atoms with Crippen molar-refractivity contribution in [2.75, 3.05) is 6.61 Å². The highest BCUT2D eigenvalue weighted by molar-refractivity contribution is 6.02. The predicted octanol–water partition coefficient (Wildman–Crippen LogP) is 4.15. The molecule has 1 atom stereocenters. The van der Waals surface area contributed by atoms with Crippen molar-refractivity contribution in [3.05, 3.63) is 35.4 Å². The number of hydrogen-bond donors (Lipinski definition) is 1. The van der Waals surface area contributed by atoms with Gasteiger partial charge in [0.1, 0.15) is 0 Å². The van der Waals surface area contributed by atoms with E-state index in [0.29, 0.717) is 12.5 Å². The van der Waals surface area contributed by atoms with E-state index in [0.717, 1.165) is 12.8 Å². The molecule has 1 aromatic rings. The molecule has 21 heavy (non-hydrogen) atoms. The molecule has 0 aromatic heterocycles. The third-order valence-corrected chi connectivity index (χ3v) is 3.43. The van der Waals surface area contributed by atoms with E-state index < -0.39 is 11.9 Å². The van der Waals surface area contributed by atoms with Gasteiger partial charge in [0, 0.05) is 0 Å². The van der Waals surface area contributed by atoms with Crippen molar-refractivity contribution in [1.82, 2.24) is 0 Å². The van der Waals surface area contributed by atoms with Crippen LogP contribution in [0, 0.1) is 5.92 Å². The third-order valence-electron chi connectivity index (χ3n) is 3.43. The number of carboxylic acids is 1. The van der Waals surface area contributed by atoms with Gasteiger partial charge in [-0.15, -0.1) is 0 Å². The zero-order chi connectivity index (χ0) is 15.7. The summed E-state index contributed by atoms with van der Waals surface area (Å²) in [4.78, 5) is 23.0. The van der Waals surface area contributed by atoms with E-state index in [2.05, 4.69) is 6.92 Å². The molecule has 1 aromatic carbocycles. The van der Waals surface area contributed by atoms with E-state index in [4.69, 9.17) is 9.84 Å². The SMILES string of the molecule is CCCCCCC(C)COC(=O)c1ccccc1C(=O)O. The highest BCUT2D eigenvalue weighted by Gasteiger charge is 2.17. The molecular weight excluding hydrogens is 268 g/mol. The Morgan fingerprint density at radius 3 is 2.43 bits per heavy atom. The van der Waals surface area contributed by atoms with Gasteiger partial charge in [-0.05, 0) is 24.5 Å². The summed E-state index contributed by atoms with van der Waals surface area (Å²) < 4.78 is 5.24. The molecule has 0 radical (unpaired) electrons. The maximum Gasteiger partial charge on any atom is 0.339 e. The van der Waals surface area contributed by atoms with Crippen LogP contribution in [-0.4, -0.2) is 23.7 Å². The fourth-order valence-corrected chi connectivity index (χ4v) is 2.15. The molecule has 0 aliphatic heterocycles. The molecule has 0 spiro atoms. The van der Waals surface area contributed by atoms with Crippen molar-refractivity contribution in [2.24, 2.45) is 5.92 Å². The first kappa shape index (κ1) is 17.2. The van der Waals surface area contributed by atoms with Crippen LogP contribution < -0.4 is 0 Å². The summed E-state index contributed by atoms with van der Waals surface area (Å²) in [6.45, 7) is 4.55. The second-order valence-corrected chi connectivity index (χ2v) is 5.40. The Labute approximate surface area is 126 Å². The first-order valence-corrected chi connectivity index (χ1v) is 7.55. The number of carbonyl (C=O) groups is 2. The molecule has 1 N–H and O–H groups in total. The lowest BCUT2D eigenvalue weighted by Crippen LogP contribution is -2.15. The smallest absolute Gasteiger partial charge is 0.339 e. The highest BCUT2D eigenvalue weighted by Crippen LogP contribution is 2.14. The molecule has 116 valence electrons. The largest absolute Gasteiger partial charge is 0.478 e. The zero-order valence-electron chi connectivity index (χ0n) is 12.8. The molecule has 0 saturated heterocycles. The second-order valence-electron chi connectivity index (χ2n) is 5.40. The van der Waals surface area contributed by atoms with Crippen LogP contribution >= 0.6 is 0 Å². The van der Waals surface area contributed by atoms with E-state index in [-0.39, 0.29) is 11.1 Å². The van der Waals surface area contributed by atoms with Crippen molar-refractivity contribution in [2.45, 2.75) is 46.0 Å². The standard InChI is InChI=1S/C17H24O4/c1-3-4-5-6-9-13(2)12-21-17(20)15-11-8-7-10-14(15)16(18)19/h7-8,10-11,13H,3-6,9,12H2,1-2H3,(H,18,19). The van der Waals surface area contributed by atoms with Crippen LogP contribution in [0.1, 0.15) is 66.7 Å². The molecule has 1 rings (SSSR count). The molecular formula is C17H24O4. The lowest BCUT2D eigenvalue weighted by Gasteiger charge is -2.12. The van der Waals surface area contributed by atoms with E-state index in [1.165, 1.54) is 31.4 Å². The number of unbranched alkanes of at least 4 members (excludes halogenated alkanes) is 3. The monoisotopic (exact) mass is 292 g/mol. The van der Waals surface area contributed by atoms with Crippen molar-refractivity contribution < 1.29 is 19.4 Å². The van der Waals surface area contributed by atoms with Gasteiger partial charge in [-0.1, -0.05) is 51.7 Å². The Kier molecular flexibility index (Phi) is 7.51. The van der Waals surface area contributed by atoms with Gasteiger partial charge in [0.05, 0.1) is 17.7 Å². The van der Waals surface area contributed by atoms with E-state index >= 15 is 0 Å². The number of esters is 1. The average molecular weight is 292 g/mol. The molecule has 0 bridgehead atoms. The Morgan fingerprint density at radius 2 is 1.81 bits per heavy atom. The Hall–Kier alpha value is -1.84. The highest BCUT2D eigenvalue weighted by atomic mass is 16.5. The van der Waals surface area contributed by atoms with E-state index in [1.54, 1.807) is 12.1 Å². The summed E-state index contributed by atoms with van der Waals surface area (Å²) in [5.41, 5.74) is 0.0984. The molecule has 0 aliphatic carbocycles. The minimum absolute atomic E-state index is 0.0156. The van der Waals surface area contributed by atoms with Gasteiger partial charge in [-0.3, -0.25) is 0 Å². The molecule has 0 fully saturated rings. The molecule has 0 amide bonds. The Balaban J connectivity index is 2.45. The summed E-state index contributed by atoms with van der Waals surface area (Å²) in [7, 11) is 0. The average Bonchev–Trinajstić information content (AvgIpc) is 2.49. The van der Waals surface area contributed by atoms with Gasteiger partial charge in [0.25, 0.3) is 0 Å². The number of rotatable bonds is 9. The van der Waals surface area contributed by atoms with E-state index in [9.17, 15) is 9.59 Å². The minimum Gasteiger partial charge on any atom is -0.478 e. The van der Waals surface area contributed by atoms with Gasteiger partial charge in [-0.25, -0.2) is 9.59 Å². The number of benzene rings is 1. The molecule has 0 heterocycles. The van der Waals surface area contributed by atoms with Crippen LogP contribution in [0.25, 0.3) is 0 Å². The van der Waals surface area contributed by atoms with Crippen molar-refractivity contribution in [3.8, 4) is 0 Å². The van der Waals surface area contributed by atoms with Crippen LogP contribution in [0.2, 0.25) is 0 Å². The fourth-order valence-electron chi connectivity index (χ4n) is 2.15. The van der Waals surface area contributed by atoms with Gasteiger partial charge in [-0.2, -0.15) is 0 Å². The molecule has 4 nitrogen and oxygen atoms in total. The first-order valence-electron chi connectivity index (χ1n) is 7.55. The molecule has 0 aliphatic rings. The number of carbonyl (C=O) groups excluding carboxylic acids is 1. The van der Waals surface area contributed by atoms with Crippen LogP contribution in [0.4, 0.5) is 0 Å². The lowest BCUT2D eigenvalue weighted by molar-refractivity contribution is 0.0434. The summed E-state index contributed by atoms with van der Waals surface area (Å²) >= 11 is 0. The quantitative estimate of drug-likeness (QED) is 0.548.